The average molecular weight is 348 g/mol. The second kappa shape index (κ2) is 6.88. The van der Waals surface area contributed by atoms with Gasteiger partial charge in [0.15, 0.2) is 4.34 Å². The van der Waals surface area contributed by atoms with Gasteiger partial charge in [-0.25, -0.2) is 0 Å². The van der Waals surface area contributed by atoms with E-state index in [1.54, 1.807) is 0 Å². The fourth-order valence-electron chi connectivity index (χ4n) is 2.00. The minimum absolute atomic E-state index is 0.0800. The van der Waals surface area contributed by atoms with Crippen molar-refractivity contribution in [3.8, 4) is 0 Å². The highest BCUT2D eigenvalue weighted by atomic mass is 32.2. The number of benzene rings is 1. The van der Waals surface area contributed by atoms with Crippen LogP contribution in [0, 0.1) is 13.8 Å². The van der Waals surface area contributed by atoms with Crippen molar-refractivity contribution in [2.24, 2.45) is 0 Å². The van der Waals surface area contributed by atoms with E-state index in [0.717, 1.165) is 28.0 Å². The molecule has 1 fully saturated rings. The van der Waals surface area contributed by atoms with Crippen LogP contribution in [0.5, 0.6) is 0 Å². The molecule has 1 aromatic heterocycles. The zero-order valence-corrected chi connectivity index (χ0v) is 15.1. The third-order valence-corrected chi connectivity index (χ3v) is 5.76. The Morgan fingerprint density at radius 3 is 2.78 bits per heavy atom. The van der Waals surface area contributed by atoms with E-state index < -0.39 is 0 Å². The Labute approximate surface area is 144 Å². The van der Waals surface area contributed by atoms with E-state index in [1.807, 2.05) is 13.0 Å². The number of hydrogen-bond acceptors (Lipinski definition) is 6. The highest BCUT2D eigenvalue weighted by molar-refractivity contribution is 8.02. The first-order valence-corrected chi connectivity index (χ1v) is 9.35. The molecule has 1 atom stereocenters. The number of rotatable bonds is 6. The van der Waals surface area contributed by atoms with E-state index in [2.05, 4.69) is 46.8 Å². The van der Waals surface area contributed by atoms with Crippen molar-refractivity contribution in [1.82, 2.24) is 15.5 Å². The Kier molecular flexibility index (Phi) is 4.87. The van der Waals surface area contributed by atoms with Crippen LogP contribution in [0.15, 0.2) is 22.5 Å². The molecule has 1 amide bonds. The normalized spacial score (nSPS) is 15.3. The first kappa shape index (κ1) is 16.3. The number of aromatic nitrogens is 2. The summed E-state index contributed by atoms with van der Waals surface area (Å²) >= 11 is 2.92. The van der Waals surface area contributed by atoms with Crippen molar-refractivity contribution in [1.29, 1.82) is 0 Å². The molecule has 2 aromatic rings. The molecule has 2 N–H and O–H groups in total. The van der Waals surface area contributed by atoms with Crippen molar-refractivity contribution in [2.75, 3.05) is 5.32 Å². The van der Waals surface area contributed by atoms with Crippen LogP contribution in [0.3, 0.4) is 0 Å². The molecular weight excluding hydrogens is 328 g/mol. The summed E-state index contributed by atoms with van der Waals surface area (Å²) in [5.41, 5.74) is 3.50. The predicted octanol–water partition coefficient (Wildman–Crippen LogP) is 3.66. The van der Waals surface area contributed by atoms with Crippen LogP contribution in [-0.4, -0.2) is 27.4 Å². The fraction of sp³-hybridized carbons (Fsp3) is 0.438. The minimum atomic E-state index is -0.155. The summed E-state index contributed by atoms with van der Waals surface area (Å²) in [6.45, 7) is 6.08. The maximum Gasteiger partial charge on any atom is 0.233 e. The number of anilines is 2. The van der Waals surface area contributed by atoms with Crippen LogP contribution in [0.25, 0.3) is 0 Å². The van der Waals surface area contributed by atoms with E-state index in [4.69, 9.17) is 0 Å². The van der Waals surface area contributed by atoms with Gasteiger partial charge in [0.25, 0.3) is 0 Å². The molecule has 1 heterocycles. The van der Waals surface area contributed by atoms with Crippen molar-refractivity contribution in [2.45, 2.75) is 49.2 Å². The summed E-state index contributed by atoms with van der Waals surface area (Å²) in [4.78, 5) is 12.0. The molecule has 23 heavy (non-hydrogen) atoms. The summed E-state index contributed by atoms with van der Waals surface area (Å²) in [5, 5.41) is 15.2. The van der Waals surface area contributed by atoms with E-state index >= 15 is 0 Å². The SMILES string of the molecule is Cc1ccc(Nc2nnc(S[C@H](C)C(=O)NC3CC3)s2)cc1C. The summed E-state index contributed by atoms with van der Waals surface area (Å²) in [5.74, 6) is 0.0800. The molecule has 0 spiro atoms. The van der Waals surface area contributed by atoms with E-state index in [0.29, 0.717) is 6.04 Å². The highest BCUT2D eigenvalue weighted by Gasteiger charge is 2.26. The van der Waals surface area contributed by atoms with Crippen molar-refractivity contribution < 1.29 is 4.79 Å². The van der Waals surface area contributed by atoms with E-state index in [9.17, 15) is 4.79 Å². The topological polar surface area (TPSA) is 66.9 Å². The Bertz CT molecular complexity index is 712. The number of carbonyl (C=O) groups excluding carboxylic acids is 1. The van der Waals surface area contributed by atoms with Gasteiger partial charge in [0, 0.05) is 11.7 Å². The summed E-state index contributed by atoms with van der Waals surface area (Å²) in [7, 11) is 0. The molecule has 0 unspecified atom stereocenters. The monoisotopic (exact) mass is 348 g/mol. The van der Waals surface area contributed by atoms with Gasteiger partial charge < -0.3 is 10.6 Å². The largest absolute Gasteiger partial charge is 0.352 e. The third-order valence-electron chi connectivity index (χ3n) is 3.74. The zero-order valence-electron chi connectivity index (χ0n) is 13.4. The quantitative estimate of drug-likeness (QED) is 0.780. The van der Waals surface area contributed by atoms with Crippen LogP contribution in [0.2, 0.25) is 0 Å². The van der Waals surface area contributed by atoms with Gasteiger partial charge in [-0.05, 0) is 56.9 Å². The van der Waals surface area contributed by atoms with Crippen molar-refractivity contribution >= 4 is 39.8 Å². The Balaban J connectivity index is 1.58. The van der Waals surface area contributed by atoms with E-state index in [-0.39, 0.29) is 11.2 Å². The summed E-state index contributed by atoms with van der Waals surface area (Å²) < 4.78 is 0.801. The number of hydrogen-bond donors (Lipinski definition) is 2. The standard InChI is InChI=1S/C16H20N4OS2/c1-9-4-5-13(8-10(9)2)18-15-19-20-16(23-15)22-11(3)14(21)17-12-6-7-12/h4-5,8,11-12H,6-7H2,1-3H3,(H,17,21)(H,18,19)/t11-/m1/s1. The zero-order chi connectivity index (χ0) is 16.4. The number of thioether (sulfide) groups is 1. The van der Waals surface area contributed by atoms with Crippen LogP contribution in [0.4, 0.5) is 10.8 Å². The fourth-order valence-corrected chi connectivity index (χ4v) is 3.93. The number of carbonyl (C=O) groups is 1. The maximum atomic E-state index is 12.0. The number of nitrogens with zero attached hydrogens (tertiary/aromatic N) is 2. The lowest BCUT2D eigenvalue weighted by Crippen LogP contribution is -2.32. The van der Waals surface area contributed by atoms with Crippen LogP contribution >= 0.6 is 23.1 Å². The maximum absolute atomic E-state index is 12.0. The lowest BCUT2D eigenvalue weighted by molar-refractivity contribution is -0.120. The molecule has 1 aromatic carbocycles. The van der Waals surface area contributed by atoms with Crippen molar-refractivity contribution in [3.05, 3.63) is 29.3 Å². The van der Waals surface area contributed by atoms with Crippen LogP contribution in [0.1, 0.15) is 30.9 Å². The molecule has 1 aliphatic rings. The predicted molar refractivity (Wildman–Crippen MR) is 95.6 cm³/mol. The van der Waals surface area contributed by atoms with Crippen LogP contribution in [-0.2, 0) is 4.79 Å². The molecule has 1 saturated carbocycles. The molecule has 0 radical (unpaired) electrons. The Morgan fingerprint density at radius 1 is 1.30 bits per heavy atom. The molecule has 7 heteroatoms. The molecule has 0 saturated heterocycles. The van der Waals surface area contributed by atoms with Gasteiger partial charge in [0.05, 0.1) is 5.25 Å². The lowest BCUT2D eigenvalue weighted by atomic mass is 10.1. The summed E-state index contributed by atoms with van der Waals surface area (Å²) in [6, 6.07) is 6.60. The van der Waals surface area contributed by atoms with Gasteiger partial charge in [-0.1, -0.05) is 29.2 Å². The van der Waals surface area contributed by atoms with Gasteiger partial charge in [0.2, 0.25) is 11.0 Å². The lowest BCUT2D eigenvalue weighted by Gasteiger charge is -2.08. The van der Waals surface area contributed by atoms with Gasteiger partial charge in [0.1, 0.15) is 0 Å². The van der Waals surface area contributed by atoms with Crippen LogP contribution < -0.4 is 10.6 Å². The van der Waals surface area contributed by atoms with Gasteiger partial charge in [-0.3, -0.25) is 4.79 Å². The number of nitrogens with one attached hydrogen (secondary N) is 2. The molecule has 3 rings (SSSR count). The van der Waals surface area contributed by atoms with Gasteiger partial charge in [-0.15, -0.1) is 10.2 Å². The molecule has 5 nitrogen and oxygen atoms in total. The third kappa shape index (κ3) is 4.45. The Hall–Kier alpha value is -1.60. The smallest absolute Gasteiger partial charge is 0.233 e. The second-order valence-electron chi connectivity index (χ2n) is 5.84. The highest BCUT2D eigenvalue weighted by Crippen LogP contribution is 2.31. The van der Waals surface area contributed by atoms with Crippen molar-refractivity contribution in [3.63, 3.8) is 0 Å². The first-order chi connectivity index (χ1) is 11.0. The molecule has 0 aliphatic heterocycles. The van der Waals surface area contributed by atoms with Gasteiger partial charge in [-0.2, -0.15) is 0 Å². The Morgan fingerprint density at radius 2 is 2.09 bits per heavy atom. The minimum Gasteiger partial charge on any atom is -0.352 e. The molecule has 1 aliphatic carbocycles. The molecule has 122 valence electrons. The number of amides is 1. The molecule has 0 bridgehead atoms. The van der Waals surface area contributed by atoms with E-state index in [1.165, 1.54) is 34.2 Å². The first-order valence-electron chi connectivity index (χ1n) is 7.66. The second-order valence-corrected chi connectivity index (χ2v) is 8.41. The average Bonchev–Trinajstić information content (AvgIpc) is 3.22. The number of aryl methyl sites for hydroxylation is 2. The van der Waals surface area contributed by atoms with Gasteiger partial charge >= 0.3 is 0 Å². The molecular formula is C16H20N4OS2. The summed E-state index contributed by atoms with van der Waals surface area (Å²) in [6.07, 6.45) is 2.21.